The first-order valence-electron chi connectivity index (χ1n) is 5.31. The number of nitrogens with one attached hydrogen (secondary N) is 1. The van der Waals surface area contributed by atoms with Crippen molar-refractivity contribution in [1.29, 1.82) is 0 Å². The summed E-state index contributed by atoms with van der Waals surface area (Å²) in [6, 6.07) is 3.83. The van der Waals surface area contributed by atoms with Crippen molar-refractivity contribution in [2.24, 2.45) is 0 Å². The molecule has 1 heterocycles. The van der Waals surface area contributed by atoms with E-state index in [-0.39, 0.29) is 6.79 Å². The SMILES string of the molecule is CNCCC=Cc1cc(N)c2c(c1)OCO2. The van der Waals surface area contributed by atoms with Crippen molar-refractivity contribution in [3.8, 4) is 11.5 Å². The van der Waals surface area contributed by atoms with Crippen molar-refractivity contribution in [2.45, 2.75) is 6.42 Å². The van der Waals surface area contributed by atoms with Gasteiger partial charge in [0, 0.05) is 0 Å². The number of ether oxygens (including phenoxy) is 2. The quantitative estimate of drug-likeness (QED) is 0.598. The number of benzene rings is 1. The molecule has 3 N–H and O–H groups in total. The summed E-state index contributed by atoms with van der Waals surface area (Å²) in [5, 5.41) is 3.09. The van der Waals surface area contributed by atoms with Gasteiger partial charge in [-0.25, -0.2) is 0 Å². The zero-order valence-corrected chi connectivity index (χ0v) is 9.32. The van der Waals surface area contributed by atoms with Gasteiger partial charge in [0.1, 0.15) is 0 Å². The fraction of sp³-hybridized carbons (Fsp3) is 0.333. The first-order chi connectivity index (χ1) is 7.81. The zero-order chi connectivity index (χ0) is 11.4. The lowest BCUT2D eigenvalue weighted by Gasteiger charge is -2.02. The third-order valence-electron chi connectivity index (χ3n) is 2.39. The number of nitrogen functional groups attached to an aromatic ring is 1. The van der Waals surface area contributed by atoms with Crippen LogP contribution in [-0.4, -0.2) is 20.4 Å². The Labute approximate surface area is 95.0 Å². The second-order valence-corrected chi connectivity index (χ2v) is 3.64. The van der Waals surface area contributed by atoms with Crippen LogP contribution in [-0.2, 0) is 0 Å². The van der Waals surface area contributed by atoms with E-state index in [1.165, 1.54) is 0 Å². The summed E-state index contributed by atoms with van der Waals surface area (Å²) in [6.45, 7) is 1.23. The molecule has 86 valence electrons. The molecular weight excluding hydrogens is 204 g/mol. The van der Waals surface area contributed by atoms with E-state index in [1.807, 2.05) is 25.3 Å². The summed E-state index contributed by atoms with van der Waals surface area (Å²) >= 11 is 0. The van der Waals surface area contributed by atoms with Gasteiger partial charge in [-0.1, -0.05) is 12.2 Å². The molecule has 0 amide bonds. The van der Waals surface area contributed by atoms with Gasteiger partial charge >= 0.3 is 0 Å². The van der Waals surface area contributed by atoms with Gasteiger partial charge in [0.25, 0.3) is 0 Å². The molecule has 0 aliphatic carbocycles. The number of anilines is 1. The molecule has 0 atom stereocenters. The van der Waals surface area contributed by atoms with Crippen molar-refractivity contribution >= 4 is 11.8 Å². The minimum Gasteiger partial charge on any atom is -0.453 e. The van der Waals surface area contributed by atoms with Crippen LogP contribution in [0.1, 0.15) is 12.0 Å². The Bertz CT molecular complexity index is 402. The first-order valence-corrected chi connectivity index (χ1v) is 5.31. The lowest BCUT2D eigenvalue weighted by Crippen LogP contribution is -2.05. The van der Waals surface area contributed by atoms with Crippen LogP contribution in [0.4, 0.5) is 5.69 Å². The first kappa shape index (κ1) is 10.8. The molecule has 0 radical (unpaired) electrons. The van der Waals surface area contributed by atoms with Crippen LogP contribution in [0.25, 0.3) is 6.08 Å². The summed E-state index contributed by atoms with van der Waals surface area (Å²) < 4.78 is 10.5. The maximum atomic E-state index is 5.85. The number of hydrogen-bond donors (Lipinski definition) is 2. The monoisotopic (exact) mass is 220 g/mol. The number of hydrogen-bond acceptors (Lipinski definition) is 4. The molecular formula is C12H16N2O2. The topological polar surface area (TPSA) is 56.5 Å². The zero-order valence-electron chi connectivity index (χ0n) is 9.32. The fourth-order valence-corrected chi connectivity index (χ4v) is 1.60. The largest absolute Gasteiger partial charge is 0.453 e. The Hall–Kier alpha value is -1.68. The average molecular weight is 220 g/mol. The van der Waals surface area contributed by atoms with E-state index in [0.29, 0.717) is 11.4 Å². The van der Waals surface area contributed by atoms with Gasteiger partial charge in [-0.3, -0.25) is 0 Å². The highest BCUT2D eigenvalue weighted by Crippen LogP contribution is 2.38. The van der Waals surface area contributed by atoms with Crippen LogP contribution in [0, 0.1) is 0 Å². The van der Waals surface area contributed by atoms with Crippen molar-refractivity contribution in [1.82, 2.24) is 5.32 Å². The molecule has 1 aliphatic rings. The Morgan fingerprint density at radius 1 is 1.44 bits per heavy atom. The van der Waals surface area contributed by atoms with Gasteiger partial charge < -0.3 is 20.5 Å². The highest BCUT2D eigenvalue weighted by Gasteiger charge is 2.16. The third kappa shape index (κ3) is 2.28. The van der Waals surface area contributed by atoms with E-state index >= 15 is 0 Å². The van der Waals surface area contributed by atoms with Crippen LogP contribution in [0.5, 0.6) is 11.5 Å². The Morgan fingerprint density at radius 3 is 3.12 bits per heavy atom. The number of fused-ring (bicyclic) bond motifs is 1. The molecule has 0 fully saturated rings. The average Bonchev–Trinajstić information content (AvgIpc) is 2.73. The van der Waals surface area contributed by atoms with Gasteiger partial charge in [0.05, 0.1) is 5.69 Å². The number of nitrogens with two attached hydrogens (primary N) is 1. The van der Waals surface area contributed by atoms with Crippen molar-refractivity contribution in [3.63, 3.8) is 0 Å². The predicted octanol–water partition coefficient (Wildman–Crippen LogP) is 1.62. The van der Waals surface area contributed by atoms with E-state index in [9.17, 15) is 0 Å². The molecule has 2 rings (SSSR count). The second kappa shape index (κ2) is 4.90. The summed E-state index contributed by atoms with van der Waals surface area (Å²) in [6.07, 6.45) is 5.13. The highest BCUT2D eigenvalue weighted by molar-refractivity contribution is 5.68. The van der Waals surface area contributed by atoms with Crippen molar-refractivity contribution < 1.29 is 9.47 Å². The van der Waals surface area contributed by atoms with Gasteiger partial charge in [-0.05, 0) is 37.7 Å². The lowest BCUT2D eigenvalue weighted by atomic mass is 10.1. The van der Waals surface area contributed by atoms with Gasteiger partial charge in [-0.2, -0.15) is 0 Å². The normalized spacial score (nSPS) is 13.6. The third-order valence-corrected chi connectivity index (χ3v) is 2.39. The minimum atomic E-state index is 0.256. The summed E-state index contributed by atoms with van der Waals surface area (Å²) in [5.74, 6) is 1.39. The molecule has 1 aromatic carbocycles. The summed E-state index contributed by atoms with van der Waals surface area (Å²) in [5.41, 5.74) is 7.52. The lowest BCUT2D eigenvalue weighted by molar-refractivity contribution is 0.174. The molecule has 1 aromatic rings. The molecule has 1 aliphatic heterocycles. The molecule has 0 aromatic heterocycles. The van der Waals surface area contributed by atoms with E-state index in [1.54, 1.807) is 0 Å². The van der Waals surface area contributed by atoms with E-state index in [0.717, 1.165) is 24.3 Å². The highest BCUT2D eigenvalue weighted by atomic mass is 16.7. The van der Waals surface area contributed by atoms with E-state index in [2.05, 4.69) is 11.4 Å². The molecule has 0 bridgehead atoms. The molecule has 16 heavy (non-hydrogen) atoms. The Kier molecular flexibility index (Phi) is 3.31. The van der Waals surface area contributed by atoms with E-state index in [4.69, 9.17) is 15.2 Å². The molecule has 0 saturated carbocycles. The molecule has 4 heteroatoms. The molecule has 0 saturated heterocycles. The summed E-state index contributed by atoms with van der Waals surface area (Å²) in [4.78, 5) is 0. The van der Waals surface area contributed by atoms with Crippen LogP contribution in [0.3, 0.4) is 0 Å². The van der Waals surface area contributed by atoms with E-state index < -0.39 is 0 Å². The van der Waals surface area contributed by atoms with Crippen molar-refractivity contribution in [2.75, 3.05) is 26.1 Å². The van der Waals surface area contributed by atoms with Gasteiger partial charge in [0.2, 0.25) is 6.79 Å². The van der Waals surface area contributed by atoms with Gasteiger partial charge in [-0.15, -0.1) is 0 Å². The maximum absolute atomic E-state index is 5.85. The van der Waals surface area contributed by atoms with Crippen LogP contribution in [0.2, 0.25) is 0 Å². The Balaban J connectivity index is 2.11. The number of rotatable bonds is 4. The van der Waals surface area contributed by atoms with Gasteiger partial charge in [0.15, 0.2) is 11.5 Å². The summed E-state index contributed by atoms with van der Waals surface area (Å²) in [7, 11) is 1.94. The molecule has 0 spiro atoms. The maximum Gasteiger partial charge on any atom is 0.231 e. The fourth-order valence-electron chi connectivity index (χ4n) is 1.60. The standard InChI is InChI=1S/C12H16N2O2/c1-14-5-3-2-4-9-6-10(13)12-11(7-9)15-8-16-12/h2,4,6-7,14H,3,5,8,13H2,1H3. The molecule has 0 unspecified atom stereocenters. The minimum absolute atomic E-state index is 0.256. The smallest absolute Gasteiger partial charge is 0.231 e. The van der Waals surface area contributed by atoms with Crippen LogP contribution < -0.4 is 20.5 Å². The van der Waals surface area contributed by atoms with Crippen molar-refractivity contribution in [3.05, 3.63) is 23.8 Å². The Morgan fingerprint density at radius 2 is 2.31 bits per heavy atom. The van der Waals surface area contributed by atoms with Crippen LogP contribution >= 0.6 is 0 Å². The van der Waals surface area contributed by atoms with Crippen LogP contribution in [0.15, 0.2) is 18.2 Å². The predicted molar refractivity (Wildman–Crippen MR) is 64.6 cm³/mol. The second-order valence-electron chi connectivity index (χ2n) is 3.64. The molecule has 4 nitrogen and oxygen atoms in total.